The van der Waals surface area contributed by atoms with Crippen molar-refractivity contribution in [2.75, 3.05) is 33.2 Å². The number of carbonyl (C=O) groups excluding carboxylic acids is 1. The van der Waals surface area contributed by atoms with Gasteiger partial charge in [0.05, 0.1) is 19.8 Å². The van der Waals surface area contributed by atoms with Crippen LogP contribution in [0.1, 0.15) is 16.8 Å². The number of rotatable bonds is 4. The molecule has 0 aliphatic carbocycles. The number of nitrogens with zero attached hydrogens (tertiary/aromatic N) is 1. The second kappa shape index (κ2) is 6.15. The van der Waals surface area contributed by atoms with E-state index in [0.29, 0.717) is 35.4 Å². The predicted molar refractivity (Wildman–Crippen MR) is 74.3 cm³/mol. The fraction of sp³-hybridized carbons (Fsp3) is 0.500. The minimum absolute atomic E-state index is 0.0247. The molecular weight excluding hydrogens is 266 g/mol. The highest BCUT2D eigenvalue weighted by Gasteiger charge is 2.28. The van der Waals surface area contributed by atoms with Crippen LogP contribution in [0.25, 0.3) is 0 Å². The van der Waals surface area contributed by atoms with E-state index in [2.05, 4.69) is 0 Å². The van der Waals surface area contributed by atoms with Gasteiger partial charge in [-0.05, 0) is 30.5 Å². The zero-order valence-corrected chi connectivity index (χ0v) is 11.9. The molecule has 1 aliphatic heterocycles. The molecule has 1 aliphatic rings. The third kappa shape index (κ3) is 2.95. The van der Waals surface area contributed by atoms with Crippen molar-refractivity contribution in [3.8, 4) is 11.5 Å². The Balaban J connectivity index is 2.22. The van der Waals surface area contributed by atoms with Crippen molar-refractivity contribution >= 4 is 17.5 Å². The molecule has 0 aromatic heterocycles. The maximum atomic E-state index is 12.5. The van der Waals surface area contributed by atoms with Crippen LogP contribution in [0.2, 0.25) is 0 Å². The normalized spacial score (nSPS) is 18.5. The van der Waals surface area contributed by atoms with Crippen LogP contribution in [0.4, 0.5) is 0 Å². The summed E-state index contributed by atoms with van der Waals surface area (Å²) in [5.41, 5.74) is 0.539. The summed E-state index contributed by atoms with van der Waals surface area (Å²) in [6, 6.07) is 5.25. The molecule has 4 nitrogen and oxygen atoms in total. The van der Waals surface area contributed by atoms with Gasteiger partial charge in [-0.3, -0.25) is 4.79 Å². The van der Waals surface area contributed by atoms with Crippen LogP contribution in [-0.2, 0) is 0 Å². The summed E-state index contributed by atoms with van der Waals surface area (Å²) in [6.45, 7) is 1.46. The van der Waals surface area contributed by atoms with Gasteiger partial charge in [0.2, 0.25) is 0 Å². The number of benzene rings is 1. The van der Waals surface area contributed by atoms with Gasteiger partial charge in [0.15, 0.2) is 0 Å². The molecule has 1 unspecified atom stereocenters. The largest absolute Gasteiger partial charge is 0.497 e. The molecule has 1 atom stereocenters. The summed E-state index contributed by atoms with van der Waals surface area (Å²) < 4.78 is 10.4. The number of hydrogen-bond acceptors (Lipinski definition) is 3. The van der Waals surface area contributed by atoms with E-state index < -0.39 is 0 Å². The van der Waals surface area contributed by atoms with Gasteiger partial charge in [-0.2, -0.15) is 0 Å². The summed E-state index contributed by atoms with van der Waals surface area (Å²) in [5, 5.41) is 0. The third-order valence-electron chi connectivity index (χ3n) is 3.43. The summed E-state index contributed by atoms with van der Waals surface area (Å²) in [7, 11) is 3.14. The molecule has 104 valence electrons. The minimum Gasteiger partial charge on any atom is -0.497 e. The topological polar surface area (TPSA) is 38.8 Å². The monoisotopic (exact) mass is 283 g/mol. The van der Waals surface area contributed by atoms with E-state index in [-0.39, 0.29) is 5.91 Å². The number of methoxy groups -OCH3 is 2. The molecule has 1 aromatic rings. The van der Waals surface area contributed by atoms with Gasteiger partial charge in [-0.15, -0.1) is 11.6 Å². The van der Waals surface area contributed by atoms with Crippen LogP contribution in [0.15, 0.2) is 18.2 Å². The number of halogens is 1. The SMILES string of the molecule is COc1ccc(OC)c(C(=O)N2CCC(CCl)C2)c1. The van der Waals surface area contributed by atoms with Crippen molar-refractivity contribution in [1.82, 2.24) is 4.90 Å². The van der Waals surface area contributed by atoms with E-state index in [0.717, 1.165) is 13.0 Å². The number of alkyl halides is 1. The minimum atomic E-state index is -0.0247. The Bertz CT molecular complexity index is 464. The Kier molecular flexibility index (Phi) is 4.53. The molecule has 0 radical (unpaired) electrons. The molecule has 2 rings (SSSR count). The second-order valence-corrected chi connectivity index (χ2v) is 4.93. The van der Waals surface area contributed by atoms with Crippen LogP contribution >= 0.6 is 11.6 Å². The van der Waals surface area contributed by atoms with Crippen molar-refractivity contribution in [2.24, 2.45) is 5.92 Å². The Labute approximate surface area is 118 Å². The number of ether oxygens (including phenoxy) is 2. The van der Waals surface area contributed by atoms with Crippen molar-refractivity contribution in [1.29, 1.82) is 0 Å². The fourth-order valence-corrected chi connectivity index (χ4v) is 2.55. The quantitative estimate of drug-likeness (QED) is 0.797. The second-order valence-electron chi connectivity index (χ2n) is 4.63. The highest BCUT2D eigenvalue weighted by atomic mass is 35.5. The molecule has 0 saturated carbocycles. The lowest BCUT2D eigenvalue weighted by Crippen LogP contribution is -2.29. The Morgan fingerprint density at radius 3 is 2.79 bits per heavy atom. The molecule has 5 heteroatoms. The molecule has 1 aromatic carbocycles. The van der Waals surface area contributed by atoms with Crippen LogP contribution in [0.5, 0.6) is 11.5 Å². The van der Waals surface area contributed by atoms with E-state index in [1.807, 2.05) is 4.90 Å². The van der Waals surface area contributed by atoms with Crippen molar-refractivity contribution < 1.29 is 14.3 Å². The highest BCUT2D eigenvalue weighted by molar-refractivity contribution is 6.18. The van der Waals surface area contributed by atoms with Crippen molar-refractivity contribution in [2.45, 2.75) is 6.42 Å². The van der Waals surface area contributed by atoms with Gasteiger partial charge in [0.1, 0.15) is 11.5 Å². The Morgan fingerprint density at radius 2 is 2.21 bits per heavy atom. The van der Waals surface area contributed by atoms with Crippen LogP contribution in [-0.4, -0.2) is 44.0 Å². The molecule has 19 heavy (non-hydrogen) atoms. The van der Waals surface area contributed by atoms with E-state index >= 15 is 0 Å². The lowest BCUT2D eigenvalue weighted by molar-refractivity contribution is 0.0784. The first-order valence-corrected chi connectivity index (χ1v) is 6.80. The van der Waals surface area contributed by atoms with Crippen molar-refractivity contribution in [3.63, 3.8) is 0 Å². The van der Waals surface area contributed by atoms with Gasteiger partial charge in [0.25, 0.3) is 5.91 Å². The molecule has 0 spiro atoms. The van der Waals surface area contributed by atoms with E-state index in [1.165, 1.54) is 0 Å². The standard InChI is InChI=1S/C14H18ClNO3/c1-18-11-3-4-13(19-2)12(7-11)14(17)16-6-5-10(8-15)9-16/h3-4,7,10H,5-6,8-9H2,1-2H3. The first-order chi connectivity index (χ1) is 9.19. The lowest BCUT2D eigenvalue weighted by Gasteiger charge is -2.18. The first kappa shape index (κ1) is 14.0. The van der Waals surface area contributed by atoms with Gasteiger partial charge in [-0.25, -0.2) is 0 Å². The predicted octanol–water partition coefficient (Wildman–Crippen LogP) is 2.40. The smallest absolute Gasteiger partial charge is 0.257 e. The summed E-state index contributed by atoms with van der Waals surface area (Å²) in [6.07, 6.45) is 0.960. The lowest BCUT2D eigenvalue weighted by atomic mass is 10.1. The molecular formula is C14H18ClNO3. The average molecular weight is 284 g/mol. The average Bonchev–Trinajstić information content (AvgIpc) is 2.94. The van der Waals surface area contributed by atoms with E-state index in [9.17, 15) is 4.79 Å². The summed E-state index contributed by atoms with van der Waals surface area (Å²) in [5.74, 6) is 2.18. The van der Waals surface area contributed by atoms with Gasteiger partial charge >= 0.3 is 0 Å². The molecule has 1 amide bonds. The Morgan fingerprint density at radius 1 is 1.42 bits per heavy atom. The van der Waals surface area contributed by atoms with Crippen LogP contribution < -0.4 is 9.47 Å². The molecule has 1 fully saturated rings. The fourth-order valence-electron chi connectivity index (χ4n) is 2.29. The third-order valence-corrected chi connectivity index (χ3v) is 3.86. The van der Waals surface area contributed by atoms with Gasteiger partial charge in [-0.1, -0.05) is 0 Å². The van der Waals surface area contributed by atoms with Gasteiger partial charge < -0.3 is 14.4 Å². The number of carbonyl (C=O) groups is 1. The van der Waals surface area contributed by atoms with Crippen LogP contribution in [0, 0.1) is 5.92 Å². The first-order valence-electron chi connectivity index (χ1n) is 6.26. The number of amides is 1. The maximum Gasteiger partial charge on any atom is 0.257 e. The summed E-state index contributed by atoms with van der Waals surface area (Å²) >= 11 is 5.85. The van der Waals surface area contributed by atoms with Gasteiger partial charge in [0, 0.05) is 19.0 Å². The Hall–Kier alpha value is -1.42. The zero-order valence-electron chi connectivity index (χ0n) is 11.2. The summed E-state index contributed by atoms with van der Waals surface area (Å²) in [4.78, 5) is 14.3. The number of hydrogen-bond donors (Lipinski definition) is 0. The zero-order chi connectivity index (χ0) is 13.8. The molecule has 0 bridgehead atoms. The van der Waals surface area contributed by atoms with E-state index in [1.54, 1.807) is 32.4 Å². The van der Waals surface area contributed by atoms with Crippen molar-refractivity contribution in [3.05, 3.63) is 23.8 Å². The maximum absolute atomic E-state index is 12.5. The molecule has 0 N–H and O–H groups in total. The molecule has 1 saturated heterocycles. The van der Waals surface area contributed by atoms with E-state index in [4.69, 9.17) is 21.1 Å². The molecule has 1 heterocycles. The number of likely N-dealkylation sites (tertiary alicyclic amines) is 1. The van der Waals surface area contributed by atoms with Crippen LogP contribution in [0.3, 0.4) is 0 Å². The highest BCUT2D eigenvalue weighted by Crippen LogP contribution is 2.27.